The Kier molecular flexibility index (Phi) is 9.37. The molecule has 4 aliphatic rings. The van der Waals surface area contributed by atoms with Crippen LogP contribution >= 0.6 is 0 Å². The number of benzene rings is 9. The van der Waals surface area contributed by atoms with Gasteiger partial charge in [-0.25, -0.2) is 0 Å². The van der Waals surface area contributed by atoms with Gasteiger partial charge in [-0.2, -0.15) is 0 Å². The molecule has 0 fully saturated rings. The van der Waals surface area contributed by atoms with Crippen molar-refractivity contribution in [2.45, 2.75) is 52.1 Å². The summed E-state index contributed by atoms with van der Waals surface area (Å²) in [6.07, 6.45) is 3.53. The quantitative estimate of drug-likeness (QED) is 0.123. The van der Waals surface area contributed by atoms with E-state index in [2.05, 4.69) is 170 Å². The SMILES string of the molecule is c1ccc2c(c1)Cc1c(COc3cc(OCc4cccc5c4Cc4ccccc4-5)c(OCc4cccc5c4Cc4ccccc4-5)c(OCc4cccc5c4Cc4ccccc4-5)c3)cccc1-2. The lowest BCUT2D eigenvalue weighted by Crippen LogP contribution is -2.07. The smallest absolute Gasteiger partial charge is 0.204 e. The summed E-state index contributed by atoms with van der Waals surface area (Å²) in [5.74, 6) is 2.40. The number of ether oxygens (including phenoxy) is 4. The molecule has 0 heterocycles. The lowest BCUT2D eigenvalue weighted by Gasteiger charge is -2.21. The predicted octanol–water partition coefficient (Wildman–Crippen LogP) is 14.3. The first-order valence-corrected chi connectivity index (χ1v) is 23.2. The molecule has 66 heavy (non-hydrogen) atoms. The van der Waals surface area contributed by atoms with Crippen molar-refractivity contribution in [2.24, 2.45) is 0 Å². The molecule has 0 atom stereocenters. The van der Waals surface area contributed by atoms with Crippen LogP contribution in [0.25, 0.3) is 44.5 Å². The van der Waals surface area contributed by atoms with Gasteiger partial charge in [0.2, 0.25) is 5.75 Å². The normalized spacial score (nSPS) is 12.8. The molecule has 9 aromatic rings. The van der Waals surface area contributed by atoms with E-state index in [1.807, 2.05) is 12.1 Å². The zero-order valence-corrected chi connectivity index (χ0v) is 36.6. The number of hydrogen-bond acceptors (Lipinski definition) is 4. The van der Waals surface area contributed by atoms with Crippen LogP contribution in [0.5, 0.6) is 23.0 Å². The largest absolute Gasteiger partial charge is 0.489 e. The van der Waals surface area contributed by atoms with E-state index in [4.69, 9.17) is 18.9 Å². The Labute approximate surface area is 385 Å². The molecule has 0 aliphatic heterocycles. The summed E-state index contributed by atoms with van der Waals surface area (Å²) < 4.78 is 27.9. The summed E-state index contributed by atoms with van der Waals surface area (Å²) in [4.78, 5) is 0. The fourth-order valence-electron chi connectivity index (χ4n) is 11.0. The summed E-state index contributed by atoms with van der Waals surface area (Å²) in [5.41, 5.74) is 25.6. The van der Waals surface area contributed by atoms with Gasteiger partial charge in [0, 0.05) is 12.1 Å². The van der Waals surface area contributed by atoms with Gasteiger partial charge in [-0.15, -0.1) is 0 Å². The highest BCUT2D eigenvalue weighted by Crippen LogP contribution is 2.47. The monoisotopic (exact) mass is 854 g/mol. The fraction of sp³-hybridized carbons (Fsp3) is 0.129. The van der Waals surface area contributed by atoms with Gasteiger partial charge >= 0.3 is 0 Å². The minimum atomic E-state index is 0.354. The van der Waals surface area contributed by atoms with E-state index in [1.165, 1.54) is 94.6 Å². The van der Waals surface area contributed by atoms with Crippen LogP contribution in [-0.4, -0.2) is 0 Å². The standard InChI is InChI=1S/C62H46O4/c1-5-21-48-39(13-1)29-56-43(17-9-25-52(48)56)35-63-47-33-60(64-36-44-18-10-26-53-49-22-6-2-14-40(49)30-57(44)53)62(66-38-46-20-12-28-55-51-24-8-4-16-42(51)32-59(46)55)61(34-47)65-37-45-19-11-27-54-50-23-7-3-15-41(50)31-58(45)54/h1-28,33-34H,29-32,35-38H2. The third kappa shape index (κ3) is 6.67. The van der Waals surface area contributed by atoms with Crippen LogP contribution in [0.15, 0.2) is 182 Å². The fourth-order valence-corrected chi connectivity index (χ4v) is 11.0. The van der Waals surface area contributed by atoms with E-state index in [0.717, 1.165) is 42.4 Å². The third-order valence-corrected chi connectivity index (χ3v) is 14.3. The van der Waals surface area contributed by atoms with Crippen LogP contribution in [0.1, 0.15) is 66.8 Å². The molecular weight excluding hydrogens is 809 g/mol. The molecule has 13 rings (SSSR count). The molecule has 0 spiro atoms. The third-order valence-electron chi connectivity index (χ3n) is 14.3. The molecule has 9 aromatic carbocycles. The average molecular weight is 855 g/mol. The average Bonchev–Trinajstić information content (AvgIpc) is 4.15. The highest BCUT2D eigenvalue weighted by molar-refractivity contribution is 5.81. The zero-order chi connectivity index (χ0) is 43.6. The van der Waals surface area contributed by atoms with Crippen LogP contribution in [0.2, 0.25) is 0 Å². The number of hydrogen-bond donors (Lipinski definition) is 0. The number of fused-ring (bicyclic) bond motifs is 12. The Morgan fingerprint density at radius 3 is 0.909 bits per heavy atom. The maximum atomic E-state index is 7.05. The lowest BCUT2D eigenvalue weighted by molar-refractivity contribution is 0.225. The molecule has 0 bridgehead atoms. The molecule has 318 valence electrons. The molecule has 0 radical (unpaired) electrons. The first-order valence-electron chi connectivity index (χ1n) is 23.2. The molecule has 0 aromatic heterocycles. The summed E-state index contributed by atoms with van der Waals surface area (Å²) in [6.45, 7) is 1.48. The minimum Gasteiger partial charge on any atom is -0.489 e. The maximum absolute atomic E-state index is 7.05. The Hall–Kier alpha value is -7.82. The van der Waals surface area contributed by atoms with Crippen LogP contribution in [0.4, 0.5) is 0 Å². The second-order valence-electron chi connectivity index (χ2n) is 18.0. The molecule has 0 N–H and O–H groups in total. The summed E-state index contributed by atoms with van der Waals surface area (Å²) in [6, 6.07) is 65.1. The minimum absolute atomic E-state index is 0.354. The van der Waals surface area contributed by atoms with E-state index in [-0.39, 0.29) is 0 Å². The Morgan fingerprint density at radius 2 is 0.561 bits per heavy atom. The van der Waals surface area contributed by atoms with Crippen LogP contribution in [-0.2, 0) is 52.1 Å². The van der Waals surface area contributed by atoms with E-state index in [0.29, 0.717) is 49.4 Å². The summed E-state index contributed by atoms with van der Waals surface area (Å²) >= 11 is 0. The lowest BCUT2D eigenvalue weighted by atomic mass is 10.0. The van der Waals surface area contributed by atoms with Crippen LogP contribution in [0.3, 0.4) is 0 Å². The highest BCUT2D eigenvalue weighted by Gasteiger charge is 2.27. The van der Waals surface area contributed by atoms with Crippen molar-refractivity contribution in [3.8, 4) is 67.5 Å². The molecule has 4 aliphatic carbocycles. The second kappa shape index (κ2) is 16.0. The highest BCUT2D eigenvalue weighted by atomic mass is 16.5. The van der Waals surface area contributed by atoms with Crippen LogP contribution < -0.4 is 18.9 Å². The van der Waals surface area contributed by atoms with Crippen molar-refractivity contribution in [3.05, 3.63) is 249 Å². The molecule has 4 heteroatoms. The van der Waals surface area contributed by atoms with Gasteiger partial charge in [0.05, 0.1) is 0 Å². The van der Waals surface area contributed by atoms with Crippen molar-refractivity contribution >= 4 is 0 Å². The van der Waals surface area contributed by atoms with Gasteiger partial charge in [-0.3, -0.25) is 0 Å². The summed E-state index contributed by atoms with van der Waals surface area (Å²) in [5, 5.41) is 0. The van der Waals surface area contributed by atoms with E-state index >= 15 is 0 Å². The Balaban J connectivity index is 0.881. The second-order valence-corrected chi connectivity index (χ2v) is 18.0. The van der Waals surface area contributed by atoms with Gasteiger partial charge in [-0.05, 0) is 137 Å². The first-order chi connectivity index (χ1) is 32.7. The molecular formula is C62H46O4. The topological polar surface area (TPSA) is 36.9 Å². The summed E-state index contributed by atoms with van der Waals surface area (Å²) in [7, 11) is 0. The van der Waals surface area contributed by atoms with Gasteiger partial charge in [-0.1, -0.05) is 170 Å². The van der Waals surface area contributed by atoms with Crippen molar-refractivity contribution in [1.29, 1.82) is 0 Å². The van der Waals surface area contributed by atoms with Crippen molar-refractivity contribution in [2.75, 3.05) is 0 Å². The molecule has 0 amide bonds. The Bertz CT molecular complexity index is 3270. The Morgan fingerprint density at radius 1 is 0.273 bits per heavy atom. The van der Waals surface area contributed by atoms with Gasteiger partial charge in [0.1, 0.15) is 32.2 Å². The van der Waals surface area contributed by atoms with Crippen molar-refractivity contribution in [3.63, 3.8) is 0 Å². The predicted molar refractivity (Wildman–Crippen MR) is 263 cm³/mol. The molecule has 0 unspecified atom stereocenters. The number of rotatable bonds is 12. The molecule has 4 nitrogen and oxygen atoms in total. The van der Waals surface area contributed by atoms with Crippen molar-refractivity contribution in [1.82, 2.24) is 0 Å². The molecule has 0 saturated heterocycles. The maximum Gasteiger partial charge on any atom is 0.204 e. The van der Waals surface area contributed by atoms with Crippen molar-refractivity contribution < 1.29 is 18.9 Å². The zero-order valence-electron chi connectivity index (χ0n) is 36.6. The van der Waals surface area contributed by atoms with E-state index < -0.39 is 0 Å². The van der Waals surface area contributed by atoms with Crippen LogP contribution in [0, 0.1) is 0 Å². The van der Waals surface area contributed by atoms with E-state index in [1.54, 1.807) is 0 Å². The van der Waals surface area contributed by atoms with E-state index in [9.17, 15) is 0 Å². The first kappa shape index (κ1) is 38.6. The molecule has 0 saturated carbocycles. The van der Waals surface area contributed by atoms with Gasteiger partial charge in [0.25, 0.3) is 0 Å². The van der Waals surface area contributed by atoms with Gasteiger partial charge < -0.3 is 18.9 Å². The van der Waals surface area contributed by atoms with Gasteiger partial charge in [0.15, 0.2) is 11.5 Å².